The van der Waals surface area contributed by atoms with Crippen molar-refractivity contribution in [2.75, 3.05) is 7.11 Å². The lowest BCUT2D eigenvalue weighted by atomic mass is 10.1. The Morgan fingerprint density at radius 2 is 1.68 bits per heavy atom. The van der Waals surface area contributed by atoms with Crippen molar-refractivity contribution < 1.29 is 19.1 Å². The van der Waals surface area contributed by atoms with Gasteiger partial charge in [0.05, 0.1) is 7.11 Å². The van der Waals surface area contributed by atoms with Gasteiger partial charge in [-0.15, -0.1) is 0 Å². The van der Waals surface area contributed by atoms with Crippen LogP contribution in [0.25, 0.3) is 0 Å². The molecule has 144 valence electrons. The molecule has 0 aromatic carbocycles. The summed E-state index contributed by atoms with van der Waals surface area (Å²) in [7, 11) is 1.38. The number of hydrogen-bond donors (Lipinski definition) is 1. The van der Waals surface area contributed by atoms with Gasteiger partial charge in [0, 0.05) is 12.8 Å². The molecule has 0 bridgehead atoms. The first-order chi connectivity index (χ1) is 12.2. The minimum Gasteiger partial charge on any atom is -0.469 e. The van der Waals surface area contributed by atoms with Crippen molar-refractivity contribution in [1.29, 1.82) is 0 Å². The van der Waals surface area contributed by atoms with Gasteiger partial charge in [-0.1, -0.05) is 58.3 Å². The van der Waals surface area contributed by atoms with Gasteiger partial charge in [-0.25, -0.2) is 0 Å². The molecular formula is C21H36O4. The second-order valence-corrected chi connectivity index (χ2v) is 6.87. The van der Waals surface area contributed by atoms with E-state index in [1.165, 1.54) is 58.5 Å². The van der Waals surface area contributed by atoms with Crippen LogP contribution in [0.3, 0.4) is 0 Å². The molecule has 1 atom stereocenters. The summed E-state index contributed by atoms with van der Waals surface area (Å²) in [5, 5.41) is 10.1. The summed E-state index contributed by atoms with van der Waals surface area (Å²) < 4.78 is 10.3. The molecule has 25 heavy (non-hydrogen) atoms. The number of aliphatic hydroxyl groups excluding tert-OH is 1. The van der Waals surface area contributed by atoms with Gasteiger partial charge in [-0.3, -0.25) is 4.79 Å². The van der Waals surface area contributed by atoms with E-state index in [1.807, 2.05) is 12.1 Å². The highest BCUT2D eigenvalue weighted by atomic mass is 16.5. The molecule has 0 saturated carbocycles. The number of hydrogen-bond acceptors (Lipinski definition) is 4. The average molecular weight is 353 g/mol. The molecule has 1 rings (SSSR count). The number of carbonyl (C=O) groups excluding carboxylic acids is 1. The number of aliphatic hydroxyl groups is 1. The monoisotopic (exact) mass is 352 g/mol. The Morgan fingerprint density at radius 3 is 2.32 bits per heavy atom. The quantitative estimate of drug-likeness (QED) is 0.323. The number of carbonyl (C=O) groups is 1. The Hall–Kier alpha value is -1.29. The third kappa shape index (κ3) is 10.3. The Labute approximate surface area is 152 Å². The Balaban J connectivity index is 2.09. The zero-order chi connectivity index (χ0) is 18.3. The van der Waals surface area contributed by atoms with Gasteiger partial charge in [0.2, 0.25) is 0 Å². The van der Waals surface area contributed by atoms with E-state index in [-0.39, 0.29) is 5.97 Å². The van der Waals surface area contributed by atoms with Crippen LogP contribution in [0.1, 0.15) is 102 Å². The van der Waals surface area contributed by atoms with Gasteiger partial charge in [0.25, 0.3) is 0 Å². The topological polar surface area (TPSA) is 59.7 Å². The lowest BCUT2D eigenvalue weighted by molar-refractivity contribution is -0.140. The van der Waals surface area contributed by atoms with Crippen molar-refractivity contribution in [3.63, 3.8) is 0 Å². The SMILES string of the molecule is CCCCCCCCCCCc1ccc(C(O)CCCC(=O)OC)o1. The van der Waals surface area contributed by atoms with Crippen LogP contribution >= 0.6 is 0 Å². The van der Waals surface area contributed by atoms with Crippen molar-refractivity contribution in [3.8, 4) is 0 Å². The number of unbranched alkanes of at least 4 members (excludes halogenated alkanes) is 8. The maximum Gasteiger partial charge on any atom is 0.305 e. The third-order valence-electron chi connectivity index (χ3n) is 4.62. The number of esters is 1. The molecule has 0 amide bonds. The fraction of sp³-hybridized carbons (Fsp3) is 0.762. The van der Waals surface area contributed by atoms with Crippen LogP contribution in [0.2, 0.25) is 0 Å². The summed E-state index contributed by atoms with van der Waals surface area (Å²) >= 11 is 0. The molecule has 0 saturated heterocycles. The fourth-order valence-corrected chi connectivity index (χ4v) is 3.00. The van der Waals surface area contributed by atoms with E-state index in [0.717, 1.165) is 18.6 Å². The summed E-state index contributed by atoms with van der Waals surface area (Å²) in [4.78, 5) is 11.1. The molecule has 1 aromatic heterocycles. The molecule has 4 nitrogen and oxygen atoms in total. The van der Waals surface area contributed by atoms with E-state index in [2.05, 4.69) is 11.7 Å². The van der Waals surface area contributed by atoms with Crippen LogP contribution in [0.15, 0.2) is 16.5 Å². The summed E-state index contributed by atoms with van der Waals surface area (Å²) in [6.45, 7) is 2.25. The van der Waals surface area contributed by atoms with E-state index < -0.39 is 6.10 Å². The first-order valence-corrected chi connectivity index (χ1v) is 10.0. The summed E-state index contributed by atoms with van der Waals surface area (Å²) in [5.41, 5.74) is 0. The van der Waals surface area contributed by atoms with E-state index in [0.29, 0.717) is 25.0 Å². The Bertz CT molecular complexity index is 453. The lowest BCUT2D eigenvalue weighted by Gasteiger charge is -2.07. The van der Waals surface area contributed by atoms with Gasteiger partial charge in [0.1, 0.15) is 17.6 Å². The average Bonchev–Trinajstić information content (AvgIpc) is 3.09. The van der Waals surface area contributed by atoms with Gasteiger partial charge < -0.3 is 14.3 Å². The molecule has 0 fully saturated rings. The molecule has 0 aliphatic rings. The molecule has 0 aliphatic heterocycles. The predicted octanol–water partition coefficient (Wildman–Crippen LogP) is 5.73. The Kier molecular flexibility index (Phi) is 12.1. The second kappa shape index (κ2) is 13.9. The number of ether oxygens (including phenoxy) is 1. The first-order valence-electron chi connectivity index (χ1n) is 10.0. The number of methoxy groups -OCH3 is 1. The molecule has 4 heteroatoms. The molecule has 1 aromatic rings. The minimum absolute atomic E-state index is 0.238. The second-order valence-electron chi connectivity index (χ2n) is 6.87. The molecule has 0 radical (unpaired) electrons. The molecular weight excluding hydrogens is 316 g/mol. The third-order valence-corrected chi connectivity index (χ3v) is 4.62. The summed E-state index contributed by atoms with van der Waals surface area (Å²) in [5.74, 6) is 1.32. The smallest absolute Gasteiger partial charge is 0.305 e. The maximum atomic E-state index is 11.1. The van der Waals surface area contributed by atoms with E-state index in [1.54, 1.807) is 0 Å². The van der Waals surface area contributed by atoms with Crippen molar-refractivity contribution in [2.24, 2.45) is 0 Å². The zero-order valence-electron chi connectivity index (χ0n) is 16.1. The minimum atomic E-state index is -0.637. The van der Waals surface area contributed by atoms with E-state index in [4.69, 9.17) is 4.42 Å². The van der Waals surface area contributed by atoms with Gasteiger partial charge in [-0.2, -0.15) is 0 Å². The zero-order valence-corrected chi connectivity index (χ0v) is 16.1. The number of furan rings is 1. The first kappa shape index (κ1) is 21.8. The number of rotatable bonds is 15. The van der Waals surface area contributed by atoms with E-state index >= 15 is 0 Å². The number of aryl methyl sites for hydroxylation is 1. The standard InChI is InChI=1S/C21H36O4/c1-3-4-5-6-7-8-9-10-11-13-18-16-17-20(25-18)19(22)14-12-15-21(23)24-2/h16-17,19,22H,3-15H2,1-2H3. The van der Waals surface area contributed by atoms with Gasteiger partial charge in [0.15, 0.2) is 0 Å². The highest BCUT2D eigenvalue weighted by Crippen LogP contribution is 2.23. The lowest BCUT2D eigenvalue weighted by Crippen LogP contribution is -2.02. The summed E-state index contributed by atoms with van der Waals surface area (Å²) in [6.07, 6.45) is 13.6. The van der Waals surface area contributed by atoms with Crippen molar-refractivity contribution in [1.82, 2.24) is 0 Å². The van der Waals surface area contributed by atoms with Crippen LogP contribution in [-0.2, 0) is 16.0 Å². The fourth-order valence-electron chi connectivity index (χ4n) is 3.00. The van der Waals surface area contributed by atoms with Crippen molar-refractivity contribution in [2.45, 2.75) is 96.5 Å². The van der Waals surface area contributed by atoms with Crippen LogP contribution < -0.4 is 0 Å². The highest BCUT2D eigenvalue weighted by molar-refractivity contribution is 5.68. The largest absolute Gasteiger partial charge is 0.469 e. The molecule has 0 spiro atoms. The van der Waals surface area contributed by atoms with Gasteiger partial charge in [-0.05, 0) is 31.4 Å². The molecule has 1 unspecified atom stereocenters. The summed E-state index contributed by atoms with van der Waals surface area (Å²) in [6, 6.07) is 3.81. The van der Waals surface area contributed by atoms with Crippen molar-refractivity contribution in [3.05, 3.63) is 23.7 Å². The van der Waals surface area contributed by atoms with Crippen LogP contribution in [0.5, 0.6) is 0 Å². The molecule has 1 heterocycles. The Morgan fingerprint density at radius 1 is 1.04 bits per heavy atom. The maximum absolute atomic E-state index is 11.1. The van der Waals surface area contributed by atoms with Crippen LogP contribution in [0.4, 0.5) is 0 Å². The molecule has 1 N–H and O–H groups in total. The highest BCUT2D eigenvalue weighted by Gasteiger charge is 2.13. The van der Waals surface area contributed by atoms with E-state index in [9.17, 15) is 9.90 Å². The van der Waals surface area contributed by atoms with Crippen molar-refractivity contribution >= 4 is 5.97 Å². The van der Waals surface area contributed by atoms with Gasteiger partial charge >= 0.3 is 5.97 Å². The molecule has 0 aliphatic carbocycles. The van der Waals surface area contributed by atoms with Crippen LogP contribution in [-0.4, -0.2) is 18.2 Å². The predicted molar refractivity (Wildman–Crippen MR) is 100 cm³/mol. The normalized spacial score (nSPS) is 12.3. The van der Waals surface area contributed by atoms with Crippen LogP contribution in [0, 0.1) is 0 Å².